The molecule has 2 aromatic rings. The summed E-state index contributed by atoms with van der Waals surface area (Å²) in [5, 5.41) is 30.0. The highest BCUT2D eigenvalue weighted by Crippen LogP contribution is 2.40. The van der Waals surface area contributed by atoms with E-state index in [-0.39, 0.29) is 42.8 Å². The second-order valence-electron chi connectivity index (χ2n) is 15.0. The van der Waals surface area contributed by atoms with Crippen LogP contribution in [-0.4, -0.2) is 70.6 Å². The number of aromatic hydroxyl groups is 2. The number of carbonyl (C=O) groups is 4. The molecule has 0 fully saturated rings. The van der Waals surface area contributed by atoms with Crippen LogP contribution in [0.1, 0.15) is 75.6 Å². The molecule has 0 unspecified atom stereocenters. The first kappa shape index (κ1) is 45.3. The molecule has 1 heterocycles. The fourth-order valence-corrected chi connectivity index (χ4v) is 6.48. The van der Waals surface area contributed by atoms with Gasteiger partial charge in [0.05, 0.1) is 10.5 Å². The Balaban J connectivity index is 1.53. The minimum Gasteiger partial charge on any atom is -0.494 e. The van der Waals surface area contributed by atoms with Crippen LogP contribution in [0.4, 0.5) is 0 Å². The molecule has 0 aliphatic heterocycles. The van der Waals surface area contributed by atoms with Gasteiger partial charge in [-0.25, -0.2) is 0 Å². The van der Waals surface area contributed by atoms with Gasteiger partial charge in [0.2, 0.25) is 24.0 Å². The van der Waals surface area contributed by atoms with Crippen molar-refractivity contribution < 1.29 is 34.1 Å². The number of aldehydes is 1. The number of fused-ring (bicyclic) bond motifs is 14. The van der Waals surface area contributed by atoms with Crippen LogP contribution in [0.25, 0.3) is 0 Å². The zero-order valence-electron chi connectivity index (χ0n) is 33.5. The number of rotatable bonds is 18. The molecule has 2 aliphatic carbocycles. The Labute approximate surface area is 335 Å². The van der Waals surface area contributed by atoms with E-state index >= 15 is 0 Å². The predicted octanol–water partition coefficient (Wildman–Crippen LogP) is 6.87. The van der Waals surface area contributed by atoms with E-state index in [1.807, 2.05) is 89.2 Å². The molecular formula is C44H58N4O7S. The van der Waals surface area contributed by atoms with E-state index in [1.165, 1.54) is 33.5 Å². The maximum atomic E-state index is 12.8. The maximum absolute atomic E-state index is 12.8. The first-order chi connectivity index (χ1) is 26.6. The van der Waals surface area contributed by atoms with E-state index in [9.17, 15) is 29.4 Å². The molecule has 5 N–H and O–H groups in total. The minimum absolute atomic E-state index is 0.0464. The van der Waals surface area contributed by atoms with Gasteiger partial charge < -0.3 is 30.9 Å². The highest BCUT2D eigenvalue weighted by molar-refractivity contribution is 7.99. The molecule has 0 radical (unpaired) electrons. The molecular weight excluding hydrogens is 729 g/mol. The van der Waals surface area contributed by atoms with Crippen LogP contribution in [0.2, 0.25) is 0 Å². The molecule has 2 aliphatic rings. The van der Waals surface area contributed by atoms with Crippen LogP contribution < -0.4 is 16.0 Å². The highest BCUT2D eigenvalue weighted by Gasteiger charge is 2.28. The summed E-state index contributed by atoms with van der Waals surface area (Å²) in [6, 6.07) is 27.9. The van der Waals surface area contributed by atoms with Gasteiger partial charge in [-0.05, 0) is 76.1 Å². The van der Waals surface area contributed by atoms with Gasteiger partial charge in [0.1, 0.15) is 0 Å². The van der Waals surface area contributed by atoms with Crippen molar-refractivity contribution in [2.75, 3.05) is 26.2 Å². The van der Waals surface area contributed by atoms with Crippen LogP contribution >= 0.6 is 11.8 Å². The second-order valence-corrected chi connectivity index (χ2v) is 16.1. The lowest BCUT2D eigenvalue weighted by Gasteiger charge is -2.29. The number of nitrogens with zero attached hydrogens (tertiary/aromatic N) is 1. The van der Waals surface area contributed by atoms with Crippen molar-refractivity contribution in [2.24, 2.45) is 5.41 Å². The molecule has 1 aromatic carbocycles. The van der Waals surface area contributed by atoms with Crippen molar-refractivity contribution in [3.8, 4) is 11.8 Å². The zero-order valence-corrected chi connectivity index (χ0v) is 34.3. The number of aromatic nitrogens is 1. The van der Waals surface area contributed by atoms with Gasteiger partial charge in [0.25, 0.3) is 5.91 Å². The summed E-state index contributed by atoms with van der Waals surface area (Å²) < 4.78 is 7.40. The lowest BCUT2D eigenvalue weighted by atomic mass is 9.88. The lowest BCUT2D eigenvalue weighted by Crippen LogP contribution is -2.40. The van der Waals surface area contributed by atoms with Crippen LogP contribution in [0.3, 0.4) is 0 Å². The molecule has 12 heteroatoms. The third-order valence-electron chi connectivity index (χ3n) is 9.12. The molecule has 0 atom stereocenters. The SMILES string of the molecule is Cc1ccccc(C)c(Sc2cc(O)n(CCC(=O)NCCC(C)(C)OCCC(C)(C)C(=O)NCCCNC(=O)C=O)c2O)cccccccc2cc(c1)C2. The zero-order chi connectivity index (χ0) is 41.1. The average Bonchev–Trinajstić information content (AvgIpc) is 3.39. The second kappa shape index (κ2) is 22.5. The van der Waals surface area contributed by atoms with Crippen molar-refractivity contribution in [2.45, 2.75) is 95.6 Å². The standard InChI is InChI=1S/C44H58N4O7S/c1-32-15-12-13-16-33(2)36(18-11-9-7-8-10-17-34-28-35(27-32)29-34)56-37-30-40(52)48(41(37)53)25-19-38(50)46-24-20-44(5,6)55-26-21-43(3,4)42(54)47-23-14-22-45-39(51)31-49/h7-13,15-18,27-28,30-31,52-53H,14,19-26,29H2,1-6H3,(H,45,51)(H,46,50)(H,47,54). The lowest BCUT2D eigenvalue weighted by molar-refractivity contribution is -0.131. The monoisotopic (exact) mass is 786 g/mol. The summed E-state index contributed by atoms with van der Waals surface area (Å²) in [6.07, 6.45) is 2.74. The Kier molecular flexibility index (Phi) is 18.2. The smallest absolute Gasteiger partial charge is 0.284 e. The first-order valence-electron chi connectivity index (χ1n) is 19.0. The molecule has 11 nitrogen and oxygen atoms in total. The molecule has 0 spiro atoms. The summed E-state index contributed by atoms with van der Waals surface area (Å²) in [4.78, 5) is 48.1. The van der Waals surface area contributed by atoms with Gasteiger partial charge in [0.15, 0.2) is 5.88 Å². The average molecular weight is 787 g/mol. The number of nitrogens with one attached hydrogen (secondary N) is 3. The summed E-state index contributed by atoms with van der Waals surface area (Å²) >= 11 is 1.33. The third kappa shape index (κ3) is 16.0. The van der Waals surface area contributed by atoms with Crippen molar-refractivity contribution in [3.05, 3.63) is 107 Å². The number of ether oxygens (including phenoxy) is 1. The van der Waals surface area contributed by atoms with E-state index in [4.69, 9.17) is 4.74 Å². The Morgan fingerprint density at radius 3 is 2.20 bits per heavy atom. The quantitative estimate of drug-likeness (QED) is 0.0531. The van der Waals surface area contributed by atoms with Crippen molar-refractivity contribution in [3.63, 3.8) is 0 Å². The van der Waals surface area contributed by atoms with Crippen molar-refractivity contribution in [1.82, 2.24) is 20.5 Å². The summed E-state index contributed by atoms with van der Waals surface area (Å²) in [5.74, 6) is -1.30. The van der Waals surface area contributed by atoms with Crippen LogP contribution in [0, 0.1) is 19.3 Å². The molecule has 2 bridgehead atoms. The van der Waals surface area contributed by atoms with Crippen LogP contribution in [0.15, 0.2) is 94.7 Å². The van der Waals surface area contributed by atoms with Crippen LogP contribution in [-0.2, 0) is 36.9 Å². The van der Waals surface area contributed by atoms with Gasteiger partial charge in [-0.15, -0.1) is 0 Å². The minimum atomic E-state index is -0.684. The van der Waals surface area contributed by atoms with Crippen LogP contribution in [0.5, 0.6) is 11.8 Å². The van der Waals surface area contributed by atoms with Gasteiger partial charge >= 0.3 is 0 Å². The van der Waals surface area contributed by atoms with E-state index in [1.54, 1.807) is 0 Å². The summed E-state index contributed by atoms with van der Waals surface area (Å²) in [5.41, 5.74) is 3.49. The Morgan fingerprint density at radius 1 is 0.804 bits per heavy atom. The number of amides is 3. The van der Waals surface area contributed by atoms with Crippen molar-refractivity contribution in [1.29, 1.82) is 0 Å². The predicted molar refractivity (Wildman–Crippen MR) is 221 cm³/mol. The summed E-state index contributed by atoms with van der Waals surface area (Å²) in [6.45, 7) is 13.0. The topological polar surface area (TPSA) is 159 Å². The van der Waals surface area contributed by atoms with Gasteiger partial charge in [-0.1, -0.05) is 104 Å². The number of aryl methyl sites for hydroxylation is 2. The van der Waals surface area contributed by atoms with Gasteiger partial charge in [-0.3, -0.25) is 23.7 Å². The van der Waals surface area contributed by atoms with E-state index in [0.29, 0.717) is 50.4 Å². The fourth-order valence-electron chi connectivity index (χ4n) is 5.51. The fraction of sp³-hybridized carbons (Fsp3) is 0.409. The van der Waals surface area contributed by atoms with Gasteiger partial charge in [0, 0.05) is 55.6 Å². The van der Waals surface area contributed by atoms with E-state index in [2.05, 4.69) is 47.1 Å². The molecule has 0 saturated heterocycles. The van der Waals surface area contributed by atoms with E-state index < -0.39 is 16.9 Å². The Hall–Kier alpha value is -5.07. The normalized spacial score (nSPS) is 11.5. The van der Waals surface area contributed by atoms with Crippen molar-refractivity contribution >= 4 is 35.8 Å². The maximum Gasteiger partial charge on any atom is 0.284 e. The van der Waals surface area contributed by atoms with E-state index in [0.717, 1.165) is 22.4 Å². The molecule has 56 heavy (non-hydrogen) atoms. The Morgan fingerprint density at radius 2 is 1.46 bits per heavy atom. The molecule has 0 saturated carbocycles. The third-order valence-corrected chi connectivity index (χ3v) is 10.3. The molecule has 3 amide bonds. The number of carbonyl (C=O) groups excluding carboxylic acids is 4. The first-order valence-corrected chi connectivity index (χ1v) is 19.8. The molecule has 4 rings (SSSR count). The molecule has 302 valence electrons. The number of hydrogen-bond donors (Lipinski definition) is 5. The number of hydrogen-bond acceptors (Lipinski definition) is 8. The summed E-state index contributed by atoms with van der Waals surface area (Å²) in [7, 11) is 0. The van der Waals surface area contributed by atoms with Gasteiger partial charge in [-0.2, -0.15) is 0 Å². The highest BCUT2D eigenvalue weighted by atomic mass is 32.2. The largest absolute Gasteiger partial charge is 0.494 e. The Bertz CT molecular complexity index is 1890. The molecule has 1 aromatic heterocycles.